The van der Waals surface area contributed by atoms with Gasteiger partial charge in [-0.3, -0.25) is 4.79 Å². The molecule has 1 saturated carbocycles. The van der Waals surface area contributed by atoms with Crippen LogP contribution in [-0.2, 0) is 9.53 Å². The monoisotopic (exact) mass is 371 g/mol. The van der Waals surface area contributed by atoms with Crippen molar-refractivity contribution in [3.63, 3.8) is 0 Å². The normalized spacial score (nSPS) is 23.5. The molecule has 0 bridgehead atoms. The summed E-state index contributed by atoms with van der Waals surface area (Å²) in [4.78, 5) is 25.0. The molecule has 7 heteroatoms. The second-order valence-electron chi connectivity index (χ2n) is 7.43. The van der Waals surface area contributed by atoms with Crippen LogP contribution >= 0.6 is 0 Å². The van der Waals surface area contributed by atoms with Crippen molar-refractivity contribution in [3.8, 4) is 5.69 Å². The molecule has 3 rings (SSSR count). The Balaban J connectivity index is 1.87. The number of carboxylic acid groups (broad SMARTS) is 1. The molecule has 0 radical (unpaired) electrons. The number of benzene rings is 1. The second kappa shape index (κ2) is 6.81. The van der Waals surface area contributed by atoms with Crippen molar-refractivity contribution >= 4 is 11.9 Å². The maximum Gasteiger partial charge on any atom is 0.330 e. The lowest BCUT2D eigenvalue weighted by Gasteiger charge is -2.58. The number of carboxylic acids is 1. The van der Waals surface area contributed by atoms with Crippen molar-refractivity contribution in [2.75, 3.05) is 6.61 Å². The molecule has 1 fully saturated rings. The SMILES string of the molecule is CCOC1CC(NC(=O)c2cnn(-c3ccccc3)c2C)(C(=O)O)C1(C)C. The Morgan fingerprint density at radius 2 is 2.00 bits per heavy atom. The van der Waals surface area contributed by atoms with E-state index in [-0.39, 0.29) is 12.5 Å². The number of hydrogen-bond donors (Lipinski definition) is 2. The van der Waals surface area contributed by atoms with Crippen LogP contribution in [0.2, 0.25) is 0 Å². The molecule has 1 aromatic heterocycles. The summed E-state index contributed by atoms with van der Waals surface area (Å²) < 4.78 is 7.30. The van der Waals surface area contributed by atoms with Crippen LogP contribution in [0.4, 0.5) is 0 Å². The summed E-state index contributed by atoms with van der Waals surface area (Å²) in [6.45, 7) is 7.78. The second-order valence-corrected chi connectivity index (χ2v) is 7.43. The van der Waals surface area contributed by atoms with Gasteiger partial charge in [0.25, 0.3) is 5.91 Å². The summed E-state index contributed by atoms with van der Waals surface area (Å²) in [6.07, 6.45) is 1.49. The average molecular weight is 371 g/mol. The number of ether oxygens (including phenoxy) is 1. The predicted octanol–water partition coefficient (Wildman–Crippen LogP) is 2.57. The highest BCUT2D eigenvalue weighted by Crippen LogP contribution is 2.51. The van der Waals surface area contributed by atoms with Gasteiger partial charge in [-0.1, -0.05) is 32.0 Å². The molecule has 0 saturated heterocycles. The fourth-order valence-corrected chi connectivity index (χ4v) is 3.76. The number of para-hydroxylation sites is 1. The zero-order chi connectivity index (χ0) is 19.8. The Kier molecular flexibility index (Phi) is 4.82. The minimum absolute atomic E-state index is 0.216. The van der Waals surface area contributed by atoms with Crippen LogP contribution in [0.25, 0.3) is 5.69 Å². The molecule has 1 aromatic carbocycles. The van der Waals surface area contributed by atoms with E-state index in [1.807, 2.05) is 51.1 Å². The Morgan fingerprint density at radius 1 is 1.33 bits per heavy atom. The third-order valence-electron chi connectivity index (χ3n) is 5.71. The summed E-state index contributed by atoms with van der Waals surface area (Å²) in [5.74, 6) is -1.50. The molecule has 27 heavy (non-hydrogen) atoms. The lowest BCUT2D eigenvalue weighted by molar-refractivity contribution is -0.190. The number of nitrogens with zero attached hydrogens (tertiary/aromatic N) is 2. The Morgan fingerprint density at radius 3 is 2.56 bits per heavy atom. The number of rotatable bonds is 6. The van der Waals surface area contributed by atoms with Crippen LogP contribution in [0.3, 0.4) is 0 Å². The highest BCUT2D eigenvalue weighted by molar-refractivity contribution is 5.99. The molecular weight excluding hydrogens is 346 g/mol. The Hall–Kier alpha value is -2.67. The molecule has 1 heterocycles. The van der Waals surface area contributed by atoms with E-state index in [1.54, 1.807) is 11.6 Å². The van der Waals surface area contributed by atoms with Gasteiger partial charge in [0.1, 0.15) is 5.54 Å². The number of aromatic nitrogens is 2. The van der Waals surface area contributed by atoms with Crippen LogP contribution < -0.4 is 5.32 Å². The number of carbonyl (C=O) groups excluding carboxylic acids is 1. The van der Waals surface area contributed by atoms with Gasteiger partial charge in [-0.05, 0) is 26.0 Å². The topological polar surface area (TPSA) is 93.5 Å². The molecule has 0 spiro atoms. The summed E-state index contributed by atoms with van der Waals surface area (Å²) in [5.41, 5.74) is -0.255. The van der Waals surface area contributed by atoms with E-state index in [0.717, 1.165) is 5.69 Å². The van der Waals surface area contributed by atoms with E-state index in [9.17, 15) is 14.7 Å². The van der Waals surface area contributed by atoms with Crippen molar-refractivity contribution in [2.24, 2.45) is 5.41 Å². The van der Waals surface area contributed by atoms with E-state index in [0.29, 0.717) is 17.9 Å². The van der Waals surface area contributed by atoms with E-state index in [4.69, 9.17) is 4.74 Å². The average Bonchev–Trinajstić information content (AvgIpc) is 3.02. The summed E-state index contributed by atoms with van der Waals surface area (Å²) in [5, 5.41) is 16.9. The summed E-state index contributed by atoms with van der Waals surface area (Å²) >= 11 is 0. The molecule has 1 aliphatic rings. The molecule has 1 aliphatic carbocycles. The highest BCUT2D eigenvalue weighted by Gasteiger charge is 2.66. The van der Waals surface area contributed by atoms with Gasteiger partial charge >= 0.3 is 5.97 Å². The summed E-state index contributed by atoms with van der Waals surface area (Å²) in [7, 11) is 0. The van der Waals surface area contributed by atoms with Crippen LogP contribution in [0.5, 0.6) is 0 Å². The predicted molar refractivity (Wildman–Crippen MR) is 99.9 cm³/mol. The fourth-order valence-electron chi connectivity index (χ4n) is 3.76. The lowest BCUT2D eigenvalue weighted by atomic mass is 9.54. The number of aliphatic carboxylic acids is 1. The zero-order valence-electron chi connectivity index (χ0n) is 16.0. The van der Waals surface area contributed by atoms with E-state index in [2.05, 4.69) is 10.4 Å². The number of hydrogen-bond acceptors (Lipinski definition) is 4. The minimum Gasteiger partial charge on any atom is -0.479 e. The Bertz CT molecular complexity index is 859. The van der Waals surface area contributed by atoms with E-state index < -0.39 is 22.8 Å². The maximum absolute atomic E-state index is 12.9. The first kappa shape index (κ1) is 19.1. The molecule has 2 N–H and O–H groups in total. The third kappa shape index (κ3) is 2.92. The lowest BCUT2D eigenvalue weighted by Crippen LogP contribution is -2.76. The van der Waals surface area contributed by atoms with E-state index in [1.165, 1.54) is 6.20 Å². The van der Waals surface area contributed by atoms with Crippen molar-refractivity contribution in [1.82, 2.24) is 15.1 Å². The van der Waals surface area contributed by atoms with Gasteiger partial charge in [-0.15, -0.1) is 0 Å². The first-order valence-corrected chi connectivity index (χ1v) is 9.02. The molecule has 1 amide bonds. The first-order valence-electron chi connectivity index (χ1n) is 9.02. The van der Waals surface area contributed by atoms with Gasteiger partial charge in [0.2, 0.25) is 0 Å². The molecule has 2 aromatic rings. The molecule has 7 nitrogen and oxygen atoms in total. The van der Waals surface area contributed by atoms with Crippen LogP contribution in [0, 0.1) is 12.3 Å². The third-order valence-corrected chi connectivity index (χ3v) is 5.71. The first-order chi connectivity index (χ1) is 12.7. The van der Waals surface area contributed by atoms with Crippen molar-refractivity contribution in [1.29, 1.82) is 0 Å². The van der Waals surface area contributed by atoms with Gasteiger partial charge < -0.3 is 15.2 Å². The quantitative estimate of drug-likeness (QED) is 0.814. The van der Waals surface area contributed by atoms with Crippen molar-refractivity contribution in [2.45, 2.75) is 45.8 Å². The van der Waals surface area contributed by atoms with Gasteiger partial charge in [0.15, 0.2) is 0 Å². The van der Waals surface area contributed by atoms with Gasteiger partial charge in [0.05, 0.1) is 29.2 Å². The molecule has 2 atom stereocenters. The number of amides is 1. The Labute approximate surface area is 158 Å². The molecule has 144 valence electrons. The van der Waals surface area contributed by atoms with Crippen molar-refractivity contribution < 1.29 is 19.4 Å². The van der Waals surface area contributed by atoms with Crippen LogP contribution in [0.1, 0.15) is 43.2 Å². The number of nitrogens with one attached hydrogen (secondary N) is 1. The smallest absolute Gasteiger partial charge is 0.330 e. The number of carbonyl (C=O) groups is 2. The maximum atomic E-state index is 12.9. The fraction of sp³-hybridized carbons (Fsp3) is 0.450. The molecular formula is C20H25N3O4. The minimum atomic E-state index is -1.37. The van der Waals surface area contributed by atoms with Crippen molar-refractivity contribution in [3.05, 3.63) is 47.8 Å². The van der Waals surface area contributed by atoms with E-state index >= 15 is 0 Å². The van der Waals surface area contributed by atoms with Gasteiger partial charge in [-0.2, -0.15) is 5.10 Å². The van der Waals surface area contributed by atoms with Crippen LogP contribution in [-0.4, -0.2) is 45.0 Å². The largest absolute Gasteiger partial charge is 0.479 e. The van der Waals surface area contributed by atoms with Gasteiger partial charge in [-0.25, -0.2) is 9.48 Å². The zero-order valence-corrected chi connectivity index (χ0v) is 16.0. The standard InChI is InChI=1S/C20H25N3O4/c1-5-27-16-11-20(18(25)26,19(16,3)4)22-17(24)15-12-21-23(13(15)2)14-9-7-6-8-10-14/h6-10,12,16H,5,11H2,1-4H3,(H,22,24)(H,25,26). The molecule has 2 unspecified atom stereocenters. The highest BCUT2D eigenvalue weighted by atomic mass is 16.5. The molecule has 0 aliphatic heterocycles. The van der Waals surface area contributed by atoms with Gasteiger partial charge in [0, 0.05) is 18.4 Å². The van der Waals surface area contributed by atoms with Crippen LogP contribution in [0.15, 0.2) is 36.5 Å². The summed E-state index contributed by atoms with van der Waals surface area (Å²) in [6, 6.07) is 9.46.